The van der Waals surface area contributed by atoms with Gasteiger partial charge >= 0.3 is 0 Å². The van der Waals surface area contributed by atoms with E-state index < -0.39 is 0 Å². The molecule has 3 aromatic rings. The lowest BCUT2D eigenvalue weighted by Gasteiger charge is -2.33. The number of rotatable bonds is 6. The van der Waals surface area contributed by atoms with Gasteiger partial charge in [0.1, 0.15) is 11.2 Å². The molecule has 0 radical (unpaired) electrons. The first-order valence-electron chi connectivity index (χ1n) is 8.78. The molecule has 0 atom stereocenters. The summed E-state index contributed by atoms with van der Waals surface area (Å²) in [6, 6.07) is 12.0. The summed E-state index contributed by atoms with van der Waals surface area (Å²) in [7, 11) is 0. The molecule has 8 nitrogen and oxygen atoms in total. The third-order valence-electron chi connectivity index (χ3n) is 4.45. The lowest BCUT2D eigenvalue weighted by Crippen LogP contribution is -2.48. The van der Waals surface area contributed by atoms with Crippen molar-refractivity contribution in [3.63, 3.8) is 0 Å². The smallest absolute Gasteiger partial charge is 0.240 e. The van der Waals surface area contributed by atoms with Gasteiger partial charge in [0.2, 0.25) is 11.0 Å². The SMILES string of the molecule is O=C(CN1CCN(Cc2cc(-c3ccccc3)no2)CC1)Nc1nncs1. The Hall–Kier alpha value is -2.62. The number of carbonyl (C=O) groups is 1. The molecule has 140 valence electrons. The van der Waals surface area contributed by atoms with Crippen LogP contribution in [0.3, 0.4) is 0 Å². The van der Waals surface area contributed by atoms with Gasteiger partial charge in [0, 0.05) is 37.8 Å². The molecule has 0 bridgehead atoms. The zero-order valence-corrected chi connectivity index (χ0v) is 15.6. The third-order valence-corrected chi connectivity index (χ3v) is 5.05. The van der Waals surface area contributed by atoms with Crippen molar-refractivity contribution in [1.82, 2.24) is 25.2 Å². The lowest BCUT2D eigenvalue weighted by molar-refractivity contribution is -0.117. The molecule has 27 heavy (non-hydrogen) atoms. The van der Waals surface area contributed by atoms with Gasteiger partial charge in [-0.05, 0) is 0 Å². The number of hydrogen-bond acceptors (Lipinski definition) is 8. The second-order valence-electron chi connectivity index (χ2n) is 6.39. The number of anilines is 1. The molecule has 2 aromatic heterocycles. The molecule has 0 saturated carbocycles. The number of benzene rings is 1. The van der Waals surface area contributed by atoms with Crippen LogP contribution in [-0.2, 0) is 11.3 Å². The van der Waals surface area contributed by atoms with Crippen LogP contribution >= 0.6 is 11.3 Å². The van der Waals surface area contributed by atoms with Gasteiger partial charge in [-0.1, -0.05) is 46.8 Å². The van der Waals surface area contributed by atoms with Crippen LogP contribution in [0.5, 0.6) is 0 Å². The minimum Gasteiger partial charge on any atom is -0.359 e. The first-order valence-corrected chi connectivity index (χ1v) is 9.66. The van der Waals surface area contributed by atoms with Crippen molar-refractivity contribution < 1.29 is 9.32 Å². The van der Waals surface area contributed by atoms with Crippen molar-refractivity contribution in [2.75, 3.05) is 38.0 Å². The van der Waals surface area contributed by atoms with E-state index in [1.807, 2.05) is 36.4 Å². The quantitative estimate of drug-likeness (QED) is 0.695. The van der Waals surface area contributed by atoms with Gasteiger partial charge in [-0.15, -0.1) is 10.2 Å². The van der Waals surface area contributed by atoms with Crippen LogP contribution in [0.1, 0.15) is 5.76 Å². The van der Waals surface area contributed by atoms with E-state index in [1.165, 1.54) is 11.3 Å². The van der Waals surface area contributed by atoms with Crippen molar-refractivity contribution in [1.29, 1.82) is 0 Å². The zero-order valence-electron chi connectivity index (χ0n) is 14.7. The normalized spacial score (nSPS) is 15.7. The topological polar surface area (TPSA) is 87.4 Å². The number of amides is 1. The summed E-state index contributed by atoms with van der Waals surface area (Å²) in [4.78, 5) is 16.5. The molecule has 0 unspecified atom stereocenters. The van der Waals surface area contributed by atoms with Gasteiger partial charge in [-0.25, -0.2) is 0 Å². The molecule has 1 aromatic carbocycles. The molecule has 1 aliphatic heterocycles. The summed E-state index contributed by atoms with van der Waals surface area (Å²) < 4.78 is 5.49. The van der Waals surface area contributed by atoms with Crippen LogP contribution in [0, 0.1) is 0 Å². The van der Waals surface area contributed by atoms with Crippen LogP contribution in [0.25, 0.3) is 11.3 Å². The molecule has 1 fully saturated rings. The number of nitrogens with one attached hydrogen (secondary N) is 1. The minimum absolute atomic E-state index is 0.0528. The van der Waals surface area contributed by atoms with E-state index in [4.69, 9.17) is 4.52 Å². The van der Waals surface area contributed by atoms with Crippen molar-refractivity contribution >= 4 is 22.4 Å². The first-order chi connectivity index (χ1) is 13.3. The van der Waals surface area contributed by atoms with Crippen molar-refractivity contribution in [2.45, 2.75) is 6.54 Å². The largest absolute Gasteiger partial charge is 0.359 e. The standard InChI is InChI=1S/C18H20N6O2S/c25-17(20-18-21-19-13-27-18)12-24-8-6-23(7-9-24)11-15-10-16(22-26-15)14-4-2-1-3-5-14/h1-5,10,13H,6-9,11-12H2,(H,20,21,25). The van der Waals surface area contributed by atoms with E-state index in [9.17, 15) is 4.79 Å². The Labute approximate surface area is 160 Å². The zero-order chi connectivity index (χ0) is 18.5. The van der Waals surface area contributed by atoms with Gasteiger partial charge in [0.15, 0.2) is 5.76 Å². The van der Waals surface area contributed by atoms with Crippen LogP contribution in [0.4, 0.5) is 5.13 Å². The fraction of sp³-hybridized carbons (Fsp3) is 0.333. The third kappa shape index (κ3) is 4.76. The van der Waals surface area contributed by atoms with E-state index in [-0.39, 0.29) is 5.91 Å². The monoisotopic (exact) mass is 384 g/mol. The van der Waals surface area contributed by atoms with E-state index in [1.54, 1.807) is 5.51 Å². The van der Waals surface area contributed by atoms with Gasteiger partial charge < -0.3 is 4.52 Å². The van der Waals surface area contributed by atoms with Crippen molar-refractivity contribution in [3.8, 4) is 11.3 Å². The summed E-state index contributed by atoms with van der Waals surface area (Å²) in [5.41, 5.74) is 3.51. The number of aromatic nitrogens is 3. The molecule has 1 saturated heterocycles. The second-order valence-corrected chi connectivity index (χ2v) is 7.22. The summed E-state index contributed by atoms with van der Waals surface area (Å²) in [5.74, 6) is 0.805. The second kappa shape index (κ2) is 8.38. The average molecular weight is 384 g/mol. The summed E-state index contributed by atoms with van der Waals surface area (Å²) >= 11 is 1.32. The molecular weight excluding hydrogens is 364 g/mol. The molecule has 9 heteroatoms. The molecule has 0 aliphatic carbocycles. The minimum atomic E-state index is -0.0528. The van der Waals surface area contributed by atoms with Gasteiger partial charge in [0.25, 0.3) is 0 Å². The average Bonchev–Trinajstić information content (AvgIpc) is 3.36. The number of nitrogens with zero attached hydrogens (tertiary/aromatic N) is 5. The molecule has 3 heterocycles. The van der Waals surface area contributed by atoms with E-state index in [2.05, 4.69) is 30.5 Å². The number of piperazine rings is 1. The highest BCUT2D eigenvalue weighted by molar-refractivity contribution is 7.13. The molecule has 1 aliphatic rings. The highest BCUT2D eigenvalue weighted by Crippen LogP contribution is 2.19. The molecule has 1 amide bonds. The van der Waals surface area contributed by atoms with E-state index in [0.717, 1.165) is 49.7 Å². The summed E-state index contributed by atoms with van der Waals surface area (Å²) in [6.07, 6.45) is 0. The van der Waals surface area contributed by atoms with Crippen LogP contribution in [0.2, 0.25) is 0 Å². The fourth-order valence-electron chi connectivity index (χ4n) is 3.05. The Bertz CT molecular complexity index is 859. The van der Waals surface area contributed by atoms with E-state index in [0.29, 0.717) is 11.7 Å². The number of carbonyl (C=O) groups excluding carboxylic acids is 1. The Morgan fingerprint density at radius 2 is 1.93 bits per heavy atom. The predicted octanol–water partition coefficient (Wildman–Crippen LogP) is 1.95. The van der Waals surface area contributed by atoms with Crippen LogP contribution in [0.15, 0.2) is 46.4 Å². The fourth-order valence-corrected chi connectivity index (χ4v) is 3.51. The lowest BCUT2D eigenvalue weighted by atomic mass is 10.1. The first kappa shape index (κ1) is 17.8. The molecular formula is C18H20N6O2S. The molecule has 0 spiro atoms. The Morgan fingerprint density at radius 3 is 2.67 bits per heavy atom. The Kier molecular flexibility index (Phi) is 5.52. The Balaban J connectivity index is 1.24. The molecule has 1 N–H and O–H groups in total. The van der Waals surface area contributed by atoms with Gasteiger partial charge in [0.05, 0.1) is 13.1 Å². The maximum Gasteiger partial charge on any atom is 0.240 e. The number of hydrogen-bond donors (Lipinski definition) is 1. The maximum absolute atomic E-state index is 12.0. The Morgan fingerprint density at radius 1 is 1.15 bits per heavy atom. The van der Waals surface area contributed by atoms with E-state index >= 15 is 0 Å². The maximum atomic E-state index is 12.0. The highest BCUT2D eigenvalue weighted by atomic mass is 32.1. The summed E-state index contributed by atoms with van der Waals surface area (Å²) in [6.45, 7) is 4.53. The highest BCUT2D eigenvalue weighted by Gasteiger charge is 2.20. The van der Waals surface area contributed by atoms with Gasteiger partial charge in [-0.3, -0.25) is 19.9 Å². The summed E-state index contributed by atoms with van der Waals surface area (Å²) in [5, 5.41) is 15.0. The van der Waals surface area contributed by atoms with Crippen molar-refractivity contribution in [3.05, 3.63) is 47.7 Å². The van der Waals surface area contributed by atoms with Crippen LogP contribution < -0.4 is 5.32 Å². The molecule has 4 rings (SSSR count). The predicted molar refractivity (Wildman–Crippen MR) is 102 cm³/mol. The van der Waals surface area contributed by atoms with Crippen LogP contribution in [-0.4, -0.2) is 63.8 Å². The van der Waals surface area contributed by atoms with Gasteiger partial charge in [-0.2, -0.15) is 0 Å². The van der Waals surface area contributed by atoms with Crippen molar-refractivity contribution in [2.24, 2.45) is 0 Å².